The van der Waals surface area contributed by atoms with Gasteiger partial charge >= 0.3 is 0 Å². The van der Waals surface area contributed by atoms with Gasteiger partial charge in [0, 0.05) is 4.47 Å². The molecule has 3 rings (SSSR count). The topological polar surface area (TPSA) is 44.1 Å². The number of aromatic nitrogens is 2. The zero-order chi connectivity index (χ0) is 15.0. The minimum Gasteiger partial charge on any atom is -0.497 e. The van der Waals surface area contributed by atoms with Crippen molar-refractivity contribution in [1.82, 2.24) is 9.55 Å². The first-order valence-corrected chi connectivity index (χ1v) is 7.23. The molecule has 0 radical (unpaired) electrons. The van der Waals surface area contributed by atoms with Gasteiger partial charge in [-0.3, -0.25) is 9.36 Å². The van der Waals surface area contributed by atoms with Gasteiger partial charge in [0.1, 0.15) is 11.6 Å². The van der Waals surface area contributed by atoms with Gasteiger partial charge in [-0.1, -0.05) is 12.1 Å². The highest BCUT2D eigenvalue weighted by Crippen LogP contribution is 2.26. The zero-order valence-electron chi connectivity index (χ0n) is 11.6. The van der Waals surface area contributed by atoms with Crippen molar-refractivity contribution in [2.45, 2.75) is 6.92 Å². The molecule has 5 heteroatoms. The van der Waals surface area contributed by atoms with Crippen LogP contribution in [0.1, 0.15) is 5.82 Å². The summed E-state index contributed by atoms with van der Waals surface area (Å²) in [5.74, 6) is 1.37. The lowest BCUT2D eigenvalue weighted by molar-refractivity contribution is 0.414. The van der Waals surface area contributed by atoms with Crippen LogP contribution in [-0.2, 0) is 0 Å². The molecule has 0 saturated carbocycles. The van der Waals surface area contributed by atoms with E-state index in [4.69, 9.17) is 4.74 Å². The second kappa shape index (κ2) is 5.33. The van der Waals surface area contributed by atoms with Crippen LogP contribution < -0.4 is 10.3 Å². The van der Waals surface area contributed by atoms with Crippen LogP contribution in [0, 0.1) is 6.92 Å². The SMILES string of the molecule is COc1ccc(-n2c(C)nc3ccccc3c2=O)c(Br)c1. The molecule has 0 aliphatic rings. The third-order valence-electron chi connectivity index (χ3n) is 3.34. The molecule has 0 bridgehead atoms. The average Bonchev–Trinajstić information content (AvgIpc) is 2.48. The van der Waals surface area contributed by atoms with E-state index in [2.05, 4.69) is 20.9 Å². The molecule has 1 heterocycles. The molecule has 4 nitrogen and oxygen atoms in total. The first-order valence-electron chi connectivity index (χ1n) is 6.44. The number of methoxy groups -OCH3 is 1. The van der Waals surface area contributed by atoms with E-state index in [1.165, 1.54) is 0 Å². The van der Waals surface area contributed by atoms with Crippen molar-refractivity contribution in [1.29, 1.82) is 0 Å². The number of halogens is 1. The number of benzene rings is 2. The molecule has 0 atom stereocenters. The van der Waals surface area contributed by atoms with E-state index in [1.807, 2.05) is 43.3 Å². The fraction of sp³-hybridized carbons (Fsp3) is 0.125. The first kappa shape index (κ1) is 13.8. The van der Waals surface area contributed by atoms with Gasteiger partial charge in [0.2, 0.25) is 0 Å². The Kier molecular flexibility index (Phi) is 3.51. The lowest BCUT2D eigenvalue weighted by atomic mass is 10.2. The van der Waals surface area contributed by atoms with Crippen LogP contribution in [0.4, 0.5) is 0 Å². The van der Waals surface area contributed by atoms with Crippen LogP contribution in [0.25, 0.3) is 16.6 Å². The summed E-state index contributed by atoms with van der Waals surface area (Å²) in [7, 11) is 1.61. The van der Waals surface area contributed by atoms with Crippen molar-refractivity contribution >= 4 is 26.8 Å². The summed E-state index contributed by atoms with van der Waals surface area (Å²) < 4.78 is 7.57. The molecule has 0 aliphatic carbocycles. The van der Waals surface area contributed by atoms with E-state index in [1.54, 1.807) is 17.7 Å². The molecule has 106 valence electrons. The van der Waals surface area contributed by atoms with Crippen LogP contribution in [0.3, 0.4) is 0 Å². The van der Waals surface area contributed by atoms with E-state index in [-0.39, 0.29) is 5.56 Å². The van der Waals surface area contributed by atoms with Gasteiger partial charge in [0.15, 0.2) is 0 Å². The Bertz CT molecular complexity index is 887. The van der Waals surface area contributed by atoms with Crippen molar-refractivity contribution in [3.05, 3.63) is 63.1 Å². The molecule has 1 aromatic heterocycles. The van der Waals surface area contributed by atoms with E-state index in [9.17, 15) is 4.79 Å². The summed E-state index contributed by atoms with van der Waals surface area (Å²) in [4.78, 5) is 17.2. The van der Waals surface area contributed by atoms with Gasteiger partial charge < -0.3 is 4.74 Å². The van der Waals surface area contributed by atoms with Crippen molar-refractivity contribution in [2.24, 2.45) is 0 Å². The normalized spacial score (nSPS) is 10.8. The number of nitrogens with zero attached hydrogens (tertiary/aromatic N) is 2. The molecule has 0 amide bonds. The molecule has 0 unspecified atom stereocenters. The number of hydrogen-bond donors (Lipinski definition) is 0. The van der Waals surface area contributed by atoms with Crippen molar-refractivity contribution < 1.29 is 4.74 Å². The Morgan fingerprint density at radius 2 is 1.95 bits per heavy atom. The number of hydrogen-bond acceptors (Lipinski definition) is 3. The maximum atomic E-state index is 12.7. The van der Waals surface area contributed by atoms with Crippen LogP contribution in [0.5, 0.6) is 5.75 Å². The van der Waals surface area contributed by atoms with E-state index in [0.29, 0.717) is 16.7 Å². The van der Waals surface area contributed by atoms with Crippen molar-refractivity contribution in [2.75, 3.05) is 7.11 Å². The monoisotopic (exact) mass is 344 g/mol. The highest BCUT2D eigenvalue weighted by Gasteiger charge is 2.12. The molecule has 21 heavy (non-hydrogen) atoms. The van der Waals surface area contributed by atoms with E-state index >= 15 is 0 Å². The predicted octanol–water partition coefficient (Wildman–Crippen LogP) is 3.47. The minimum absolute atomic E-state index is 0.0797. The number of fused-ring (bicyclic) bond motifs is 1. The Hall–Kier alpha value is -2.14. The molecule has 2 aromatic carbocycles. The minimum atomic E-state index is -0.0797. The molecule has 0 aliphatic heterocycles. The number of para-hydroxylation sites is 1. The molecule has 0 spiro atoms. The van der Waals surface area contributed by atoms with Gasteiger partial charge in [-0.25, -0.2) is 4.98 Å². The highest BCUT2D eigenvalue weighted by molar-refractivity contribution is 9.10. The quantitative estimate of drug-likeness (QED) is 0.714. The Morgan fingerprint density at radius 1 is 1.19 bits per heavy atom. The molecule has 0 fully saturated rings. The standard InChI is InChI=1S/C16H13BrN2O2/c1-10-18-14-6-4-3-5-12(14)16(20)19(10)15-8-7-11(21-2)9-13(15)17/h3-9H,1-2H3. The van der Waals surface area contributed by atoms with Gasteiger partial charge in [-0.2, -0.15) is 0 Å². The third kappa shape index (κ3) is 2.34. The van der Waals surface area contributed by atoms with Crippen LogP contribution >= 0.6 is 15.9 Å². The maximum Gasteiger partial charge on any atom is 0.265 e. The number of ether oxygens (including phenoxy) is 1. The summed E-state index contributed by atoms with van der Waals surface area (Å²) in [6.45, 7) is 1.82. The zero-order valence-corrected chi connectivity index (χ0v) is 13.2. The lowest BCUT2D eigenvalue weighted by Crippen LogP contribution is -2.22. The molecular formula is C16H13BrN2O2. The van der Waals surface area contributed by atoms with E-state index in [0.717, 1.165) is 15.9 Å². The smallest absolute Gasteiger partial charge is 0.265 e. The largest absolute Gasteiger partial charge is 0.497 e. The predicted molar refractivity (Wildman–Crippen MR) is 86.3 cm³/mol. The average molecular weight is 345 g/mol. The van der Waals surface area contributed by atoms with Crippen LogP contribution in [0.2, 0.25) is 0 Å². The van der Waals surface area contributed by atoms with Crippen molar-refractivity contribution in [3.63, 3.8) is 0 Å². The fourth-order valence-corrected chi connectivity index (χ4v) is 2.86. The third-order valence-corrected chi connectivity index (χ3v) is 3.97. The first-order chi connectivity index (χ1) is 10.1. The van der Waals surface area contributed by atoms with Crippen LogP contribution in [-0.4, -0.2) is 16.7 Å². The van der Waals surface area contributed by atoms with E-state index < -0.39 is 0 Å². The second-order valence-electron chi connectivity index (χ2n) is 4.63. The molecule has 3 aromatic rings. The van der Waals surface area contributed by atoms with Gasteiger partial charge in [-0.15, -0.1) is 0 Å². The van der Waals surface area contributed by atoms with Gasteiger partial charge in [0.05, 0.1) is 23.7 Å². The summed E-state index contributed by atoms with van der Waals surface area (Å²) in [6, 6.07) is 12.8. The molecule has 0 saturated heterocycles. The van der Waals surface area contributed by atoms with Gasteiger partial charge in [-0.05, 0) is 53.2 Å². The van der Waals surface area contributed by atoms with Gasteiger partial charge in [0.25, 0.3) is 5.56 Å². The summed E-state index contributed by atoms with van der Waals surface area (Å²) >= 11 is 3.49. The fourth-order valence-electron chi connectivity index (χ4n) is 2.32. The lowest BCUT2D eigenvalue weighted by Gasteiger charge is -2.13. The highest BCUT2D eigenvalue weighted by atomic mass is 79.9. The Labute approximate surface area is 130 Å². The maximum absolute atomic E-state index is 12.7. The second-order valence-corrected chi connectivity index (χ2v) is 5.49. The van der Waals surface area contributed by atoms with Crippen molar-refractivity contribution in [3.8, 4) is 11.4 Å². The Balaban J connectivity index is 2.33. The van der Waals surface area contributed by atoms with Crippen LogP contribution in [0.15, 0.2) is 51.7 Å². The molecular weight excluding hydrogens is 332 g/mol. The number of aryl methyl sites for hydroxylation is 1. The molecule has 0 N–H and O–H groups in total. The summed E-state index contributed by atoms with van der Waals surface area (Å²) in [5.41, 5.74) is 1.38. The number of rotatable bonds is 2. The summed E-state index contributed by atoms with van der Waals surface area (Å²) in [5, 5.41) is 0.603. The summed E-state index contributed by atoms with van der Waals surface area (Å²) in [6.07, 6.45) is 0. The Morgan fingerprint density at radius 3 is 2.67 bits per heavy atom.